The number of aliphatic hydroxyl groups is 1. The van der Waals surface area contributed by atoms with Crippen LogP contribution in [0.1, 0.15) is 18.6 Å². The van der Waals surface area contributed by atoms with Crippen LogP contribution in [0.2, 0.25) is 0 Å². The molecule has 0 fully saturated rings. The van der Waals surface area contributed by atoms with Crippen molar-refractivity contribution >= 4 is 10.9 Å². The number of hydrogen-bond acceptors (Lipinski definition) is 3. The normalized spacial score (nSPS) is 13.3. The van der Waals surface area contributed by atoms with E-state index in [1.54, 1.807) is 13.1 Å². The van der Waals surface area contributed by atoms with Crippen LogP contribution in [-0.2, 0) is 0 Å². The van der Waals surface area contributed by atoms with Crippen molar-refractivity contribution in [2.45, 2.75) is 13.0 Å². The largest absolute Gasteiger partial charge is 0.504 e. The fourth-order valence-electron chi connectivity index (χ4n) is 1.51. The molecule has 0 aliphatic rings. The monoisotopic (exact) mass is 193 g/mol. The first-order chi connectivity index (χ1) is 6.59. The molecule has 1 aromatic heterocycles. The SMILES string of the molecule is CC(O)c1c[nH]c2cc(O)c(O)cc12. The van der Waals surface area contributed by atoms with Crippen LogP contribution >= 0.6 is 0 Å². The Kier molecular flexibility index (Phi) is 1.86. The predicted molar refractivity (Wildman–Crippen MR) is 52.3 cm³/mol. The van der Waals surface area contributed by atoms with Gasteiger partial charge in [0.25, 0.3) is 0 Å². The molecule has 1 aromatic carbocycles. The van der Waals surface area contributed by atoms with E-state index in [1.165, 1.54) is 12.1 Å². The molecule has 1 heterocycles. The van der Waals surface area contributed by atoms with Crippen LogP contribution in [-0.4, -0.2) is 20.3 Å². The fraction of sp³-hybridized carbons (Fsp3) is 0.200. The van der Waals surface area contributed by atoms with Gasteiger partial charge in [0.1, 0.15) is 0 Å². The summed E-state index contributed by atoms with van der Waals surface area (Å²) in [6.45, 7) is 1.65. The number of phenols is 2. The highest BCUT2D eigenvalue weighted by Gasteiger charge is 2.11. The van der Waals surface area contributed by atoms with Gasteiger partial charge < -0.3 is 20.3 Å². The lowest BCUT2D eigenvalue weighted by Crippen LogP contribution is -1.87. The standard InChI is InChI=1S/C10H11NO3/c1-5(12)7-4-11-8-3-10(14)9(13)2-6(7)8/h2-5,11-14H,1H3. The summed E-state index contributed by atoms with van der Waals surface area (Å²) >= 11 is 0. The molecule has 0 radical (unpaired) electrons. The molecule has 4 N–H and O–H groups in total. The quantitative estimate of drug-likeness (QED) is 0.520. The molecule has 1 atom stereocenters. The topological polar surface area (TPSA) is 76.5 Å². The number of hydrogen-bond donors (Lipinski definition) is 4. The number of aromatic hydroxyl groups is 2. The van der Waals surface area contributed by atoms with Crippen molar-refractivity contribution in [1.29, 1.82) is 0 Å². The summed E-state index contributed by atoms with van der Waals surface area (Å²) < 4.78 is 0. The van der Waals surface area contributed by atoms with Crippen LogP contribution in [0.25, 0.3) is 10.9 Å². The minimum Gasteiger partial charge on any atom is -0.504 e. The Balaban J connectivity index is 2.74. The van der Waals surface area contributed by atoms with Crippen LogP contribution in [0.4, 0.5) is 0 Å². The van der Waals surface area contributed by atoms with Crippen LogP contribution in [0.15, 0.2) is 18.3 Å². The Morgan fingerprint density at radius 2 is 1.86 bits per heavy atom. The lowest BCUT2D eigenvalue weighted by molar-refractivity contribution is 0.201. The van der Waals surface area contributed by atoms with E-state index in [4.69, 9.17) is 0 Å². The summed E-state index contributed by atoms with van der Waals surface area (Å²) in [7, 11) is 0. The maximum absolute atomic E-state index is 9.41. The van der Waals surface area contributed by atoms with Gasteiger partial charge in [-0.2, -0.15) is 0 Å². The predicted octanol–water partition coefficient (Wildman–Crippen LogP) is 1.63. The molecule has 4 heteroatoms. The number of aromatic nitrogens is 1. The summed E-state index contributed by atoms with van der Waals surface area (Å²) in [5.74, 6) is -0.351. The summed E-state index contributed by atoms with van der Waals surface area (Å²) in [5, 5.41) is 28.7. The van der Waals surface area contributed by atoms with Crippen molar-refractivity contribution < 1.29 is 15.3 Å². The van der Waals surface area contributed by atoms with E-state index in [0.717, 1.165) is 5.39 Å². The number of benzene rings is 1. The summed E-state index contributed by atoms with van der Waals surface area (Å²) in [6, 6.07) is 2.86. The van der Waals surface area contributed by atoms with Gasteiger partial charge in [-0.15, -0.1) is 0 Å². The Hall–Kier alpha value is -1.68. The van der Waals surface area contributed by atoms with E-state index < -0.39 is 6.10 Å². The molecule has 14 heavy (non-hydrogen) atoms. The first kappa shape index (κ1) is 8.90. The molecule has 0 bridgehead atoms. The second-order valence-electron chi connectivity index (χ2n) is 3.31. The molecule has 0 saturated carbocycles. The number of H-pyrrole nitrogens is 1. The molecule has 0 saturated heterocycles. The molecule has 1 unspecified atom stereocenters. The first-order valence-electron chi connectivity index (χ1n) is 4.30. The zero-order valence-electron chi connectivity index (χ0n) is 7.65. The highest BCUT2D eigenvalue weighted by molar-refractivity contribution is 5.86. The van der Waals surface area contributed by atoms with Gasteiger partial charge in [-0.1, -0.05) is 0 Å². The van der Waals surface area contributed by atoms with Crippen LogP contribution in [0.5, 0.6) is 11.5 Å². The van der Waals surface area contributed by atoms with Crippen molar-refractivity contribution in [3.63, 3.8) is 0 Å². The second kappa shape index (κ2) is 2.92. The van der Waals surface area contributed by atoms with E-state index in [2.05, 4.69) is 4.98 Å². The van der Waals surface area contributed by atoms with Crippen LogP contribution in [0.3, 0.4) is 0 Å². The van der Waals surface area contributed by atoms with E-state index >= 15 is 0 Å². The van der Waals surface area contributed by atoms with Crippen LogP contribution in [0, 0.1) is 0 Å². The first-order valence-corrected chi connectivity index (χ1v) is 4.30. The highest BCUT2D eigenvalue weighted by atomic mass is 16.3. The molecular weight excluding hydrogens is 182 g/mol. The van der Waals surface area contributed by atoms with Gasteiger partial charge in [0.2, 0.25) is 0 Å². The molecule has 0 spiro atoms. The van der Waals surface area contributed by atoms with Crippen LogP contribution < -0.4 is 0 Å². The minimum atomic E-state index is -0.604. The number of nitrogens with one attached hydrogen (secondary N) is 1. The second-order valence-corrected chi connectivity index (χ2v) is 3.31. The Morgan fingerprint density at radius 1 is 1.21 bits per heavy atom. The summed E-state index contributed by atoms with van der Waals surface area (Å²) in [6.07, 6.45) is 1.06. The van der Waals surface area contributed by atoms with Gasteiger partial charge in [0, 0.05) is 28.7 Å². The number of aliphatic hydroxyl groups excluding tert-OH is 1. The van der Waals surface area contributed by atoms with Gasteiger partial charge in [0.15, 0.2) is 11.5 Å². The van der Waals surface area contributed by atoms with Gasteiger partial charge >= 0.3 is 0 Å². The Morgan fingerprint density at radius 3 is 2.50 bits per heavy atom. The van der Waals surface area contributed by atoms with E-state index in [1.807, 2.05) is 0 Å². The lowest BCUT2D eigenvalue weighted by Gasteiger charge is -2.02. The number of rotatable bonds is 1. The third kappa shape index (κ3) is 1.20. The van der Waals surface area contributed by atoms with Crippen molar-refractivity contribution in [2.24, 2.45) is 0 Å². The summed E-state index contributed by atoms with van der Waals surface area (Å²) in [5.41, 5.74) is 1.39. The number of phenolic OH excluding ortho intramolecular Hbond substituents is 2. The van der Waals surface area contributed by atoms with Gasteiger partial charge in [0.05, 0.1) is 6.10 Å². The van der Waals surface area contributed by atoms with Crippen molar-refractivity contribution in [3.05, 3.63) is 23.9 Å². The molecule has 2 rings (SSSR count). The van der Waals surface area contributed by atoms with Gasteiger partial charge in [-0.3, -0.25) is 0 Å². The van der Waals surface area contributed by atoms with Crippen molar-refractivity contribution in [1.82, 2.24) is 4.98 Å². The minimum absolute atomic E-state index is 0.170. The highest BCUT2D eigenvalue weighted by Crippen LogP contribution is 2.33. The third-order valence-corrected chi connectivity index (χ3v) is 2.26. The number of fused-ring (bicyclic) bond motifs is 1. The molecule has 74 valence electrons. The molecule has 0 aliphatic heterocycles. The van der Waals surface area contributed by atoms with Gasteiger partial charge in [-0.25, -0.2) is 0 Å². The molecule has 0 aliphatic carbocycles. The molecule has 0 amide bonds. The zero-order chi connectivity index (χ0) is 10.3. The van der Waals surface area contributed by atoms with Crippen molar-refractivity contribution in [2.75, 3.05) is 0 Å². The smallest absolute Gasteiger partial charge is 0.159 e. The maximum Gasteiger partial charge on any atom is 0.159 e. The maximum atomic E-state index is 9.41. The van der Waals surface area contributed by atoms with Crippen molar-refractivity contribution in [3.8, 4) is 11.5 Å². The zero-order valence-corrected chi connectivity index (χ0v) is 7.65. The Bertz CT molecular complexity index is 473. The lowest BCUT2D eigenvalue weighted by atomic mass is 10.1. The van der Waals surface area contributed by atoms with E-state index in [-0.39, 0.29) is 11.5 Å². The number of aromatic amines is 1. The fourth-order valence-corrected chi connectivity index (χ4v) is 1.51. The van der Waals surface area contributed by atoms with Gasteiger partial charge in [-0.05, 0) is 13.0 Å². The summed E-state index contributed by atoms with van der Waals surface area (Å²) in [4.78, 5) is 2.91. The third-order valence-electron chi connectivity index (χ3n) is 2.26. The van der Waals surface area contributed by atoms with E-state index in [0.29, 0.717) is 11.1 Å². The Labute approximate surface area is 80.4 Å². The van der Waals surface area contributed by atoms with E-state index in [9.17, 15) is 15.3 Å². The molecule has 2 aromatic rings. The average molecular weight is 193 g/mol. The molecule has 4 nitrogen and oxygen atoms in total. The molecular formula is C10H11NO3. The average Bonchev–Trinajstić information content (AvgIpc) is 2.48.